The highest BCUT2D eigenvalue weighted by molar-refractivity contribution is 6.29. The average molecular weight is 263 g/mol. The van der Waals surface area contributed by atoms with Crippen LogP contribution in [-0.2, 0) is 4.79 Å². The molecular weight excluding hydrogens is 251 g/mol. The first-order valence-corrected chi connectivity index (χ1v) is 5.21. The summed E-state index contributed by atoms with van der Waals surface area (Å²) in [6.45, 7) is 1.14. The third-order valence-electron chi connectivity index (χ3n) is 2.08. The maximum absolute atomic E-state index is 13.1. The van der Waals surface area contributed by atoms with E-state index in [0.29, 0.717) is 0 Å². The number of carbonyl (C=O) groups excluding carboxylic acids is 1. The monoisotopic (exact) mass is 262 g/mol. The van der Waals surface area contributed by atoms with E-state index < -0.39 is 18.0 Å². The summed E-state index contributed by atoms with van der Waals surface area (Å²) in [4.78, 5) is 14.1. The van der Waals surface area contributed by atoms with Gasteiger partial charge in [0.1, 0.15) is 12.2 Å². The normalized spacial score (nSPS) is 14.2. The first-order valence-electron chi connectivity index (χ1n) is 4.83. The molecule has 1 amide bonds. The summed E-state index contributed by atoms with van der Waals surface area (Å²) in [5.74, 6) is -1.12. The molecule has 0 spiro atoms. The van der Waals surface area contributed by atoms with Crippen molar-refractivity contribution in [2.24, 2.45) is 0 Å². The summed E-state index contributed by atoms with van der Waals surface area (Å²) in [6, 6.07) is 0.983. The lowest BCUT2D eigenvalue weighted by atomic mass is 10.1. The van der Waals surface area contributed by atoms with Crippen molar-refractivity contribution >= 4 is 17.5 Å². The van der Waals surface area contributed by atoms with Crippen molar-refractivity contribution < 1.29 is 19.4 Å². The van der Waals surface area contributed by atoms with E-state index in [1.54, 1.807) is 0 Å². The summed E-state index contributed by atoms with van der Waals surface area (Å²) in [6.07, 6.45) is -1.44. The van der Waals surface area contributed by atoms with Crippen LogP contribution in [0.15, 0.2) is 12.3 Å². The zero-order chi connectivity index (χ0) is 13.0. The molecule has 0 bridgehead atoms. The molecular formula is C10H12ClFN2O3. The number of aliphatic hydroxyl groups is 2. The lowest BCUT2D eigenvalue weighted by molar-refractivity contribution is -0.119. The van der Waals surface area contributed by atoms with Gasteiger partial charge in [0, 0.05) is 25.2 Å². The summed E-state index contributed by atoms with van der Waals surface area (Å²) in [7, 11) is 0. The number of hydrogen-bond acceptors (Lipinski definition) is 4. The molecule has 0 aliphatic carbocycles. The predicted molar refractivity (Wildman–Crippen MR) is 58.9 cm³/mol. The van der Waals surface area contributed by atoms with Crippen molar-refractivity contribution in [2.45, 2.75) is 19.1 Å². The maximum atomic E-state index is 13.1. The Balaban J connectivity index is 2.70. The minimum absolute atomic E-state index is 0.0877. The number of aromatic nitrogens is 1. The number of carbonyl (C=O) groups is 1. The molecule has 0 fully saturated rings. The molecule has 17 heavy (non-hydrogen) atoms. The Labute approximate surface area is 102 Å². The molecule has 5 nitrogen and oxygen atoms in total. The van der Waals surface area contributed by atoms with Gasteiger partial charge in [-0.1, -0.05) is 11.6 Å². The van der Waals surface area contributed by atoms with Gasteiger partial charge >= 0.3 is 0 Å². The zero-order valence-corrected chi connectivity index (χ0v) is 9.78. The number of rotatable bonds is 4. The Morgan fingerprint density at radius 3 is 2.82 bits per heavy atom. The van der Waals surface area contributed by atoms with E-state index in [4.69, 9.17) is 11.6 Å². The van der Waals surface area contributed by atoms with Crippen LogP contribution in [-0.4, -0.2) is 33.8 Å². The van der Waals surface area contributed by atoms with Crippen LogP contribution in [0, 0.1) is 5.82 Å². The summed E-state index contributed by atoms with van der Waals surface area (Å²) in [5.41, 5.74) is 0.0877. The minimum atomic E-state index is -1.35. The SMILES string of the molecule is CC(=O)NCC(O)C(O)c1cnc(Cl)c(F)c1. The van der Waals surface area contributed by atoms with Crippen LogP contribution in [0.3, 0.4) is 0 Å². The van der Waals surface area contributed by atoms with Crippen molar-refractivity contribution in [3.63, 3.8) is 0 Å². The molecule has 3 N–H and O–H groups in total. The maximum Gasteiger partial charge on any atom is 0.216 e. The summed E-state index contributed by atoms with van der Waals surface area (Å²) >= 11 is 5.38. The lowest BCUT2D eigenvalue weighted by Crippen LogP contribution is -2.34. The third kappa shape index (κ3) is 3.92. The van der Waals surface area contributed by atoms with Crippen molar-refractivity contribution in [3.8, 4) is 0 Å². The summed E-state index contributed by atoms with van der Waals surface area (Å²) in [5, 5.41) is 21.2. The smallest absolute Gasteiger partial charge is 0.216 e. The highest BCUT2D eigenvalue weighted by Gasteiger charge is 2.20. The number of pyridine rings is 1. The van der Waals surface area contributed by atoms with E-state index in [1.807, 2.05) is 0 Å². The van der Waals surface area contributed by atoms with Crippen LogP contribution in [0.1, 0.15) is 18.6 Å². The fraction of sp³-hybridized carbons (Fsp3) is 0.400. The van der Waals surface area contributed by atoms with E-state index in [2.05, 4.69) is 10.3 Å². The number of amides is 1. The van der Waals surface area contributed by atoms with Crippen LogP contribution in [0.5, 0.6) is 0 Å². The summed E-state index contributed by atoms with van der Waals surface area (Å²) < 4.78 is 13.1. The Kier molecular flexibility index (Phi) is 4.80. The van der Waals surface area contributed by atoms with Crippen LogP contribution >= 0.6 is 11.6 Å². The van der Waals surface area contributed by atoms with Gasteiger partial charge in [0.05, 0.1) is 0 Å². The van der Waals surface area contributed by atoms with E-state index in [1.165, 1.54) is 6.92 Å². The van der Waals surface area contributed by atoms with Crippen molar-refractivity contribution in [1.29, 1.82) is 0 Å². The van der Waals surface area contributed by atoms with Crippen LogP contribution in [0.2, 0.25) is 5.15 Å². The fourth-order valence-corrected chi connectivity index (χ4v) is 1.28. The van der Waals surface area contributed by atoms with Crippen LogP contribution < -0.4 is 5.32 Å². The van der Waals surface area contributed by atoms with Crippen molar-refractivity contribution in [1.82, 2.24) is 10.3 Å². The molecule has 1 heterocycles. The third-order valence-corrected chi connectivity index (χ3v) is 2.36. The number of halogens is 2. The van der Waals surface area contributed by atoms with Gasteiger partial charge in [-0.3, -0.25) is 4.79 Å². The standard InChI is InChI=1S/C10H12ClFN2O3/c1-5(15)13-4-8(16)9(17)6-2-7(12)10(11)14-3-6/h2-3,8-9,16-17H,4H2,1H3,(H,13,15). The molecule has 0 aliphatic rings. The molecule has 1 aromatic heterocycles. The van der Waals surface area contributed by atoms with Gasteiger partial charge in [0.2, 0.25) is 5.91 Å². The molecule has 0 aliphatic heterocycles. The largest absolute Gasteiger partial charge is 0.388 e. The van der Waals surface area contributed by atoms with Crippen molar-refractivity contribution in [3.05, 3.63) is 28.8 Å². The predicted octanol–water partition coefficient (Wildman–Crippen LogP) is 0.404. The Morgan fingerprint density at radius 2 is 2.29 bits per heavy atom. The van der Waals surface area contributed by atoms with Gasteiger partial charge in [-0.15, -0.1) is 0 Å². The first kappa shape index (κ1) is 13.8. The lowest BCUT2D eigenvalue weighted by Gasteiger charge is -2.18. The van der Waals surface area contributed by atoms with Crippen LogP contribution in [0.4, 0.5) is 4.39 Å². The number of hydrogen-bond donors (Lipinski definition) is 3. The van der Waals surface area contributed by atoms with Gasteiger partial charge in [0.25, 0.3) is 0 Å². The van der Waals surface area contributed by atoms with Gasteiger partial charge in [-0.05, 0) is 6.07 Å². The minimum Gasteiger partial charge on any atom is -0.388 e. The molecule has 2 atom stereocenters. The van der Waals surface area contributed by atoms with Gasteiger partial charge in [-0.25, -0.2) is 9.37 Å². The molecule has 1 aromatic rings. The second-order valence-electron chi connectivity index (χ2n) is 3.49. The number of aliphatic hydroxyl groups excluding tert-OH is 2. The molecule has 0 radical (unpaired) electrons. The Bertz CT molecular complexity index is 417. The quantitative estimate of drug-likeness (QED) is 0.686. The second-order valence-corrected chi connectivity index (χ2v) is 3.85. The van der Waals surface area contributed by atoms with E-state index in [9.17, 15) is 19.4 Å². The molecule has 2 unspecified atom stereocenters. The molecule has 0 aromatic carbocycles. The first-order chi connectivity index (χ1) is 7.91. The highest BCUT2D eigenvalue weighted by atomic mass is 35.5. The molecule has 1 rings (SSSR count). The van der Waals surface area contributed by atoms with Gasteiger partial charge < -0.3 is 15.5 Å². The average Bonchev–Trinajstić information content (AvgIpc) is 2.28. The number of nitrogens with zero attached hydrogens (tertiary/aromatic N) is 1. The van der Waals surface area contributed by atoms with Gasteiger partial charge in [-0.2, -0.15) is 0 Å². The van der Waals surface area contributed by atoms with E-state index in [0.717, 1.165) is 12.3 Å². The van der Waals surface area contributed by atoms with Gasteiger partial charge in [0.15, 0.2) is 11.0 Å². The topological polar surface area (TPSA) is 82.5 Å². The second kappa shape index (κ2) is 5.90. The molecule has 0 saturated heterocycles. The fourth-order valence-electron chi connectivity index (χ4n) is 1.18. The molecule has 7 heteroatoms. The highest BCUT2D eigenvalue weighted by Crippen LogP contribution is 2.19. The number of nitrogens with one attached hydrogen (secondary N) is 1. The molecule has 94 valence electrons. The molecule has 0 saturated carbocycles. The van der Waals surface area contributed by atoms with E-state index in [-0.39, 0.29) is 23.2 Å². The van der Waals surface area contributed by atoms with Crippen molar-refractivity contribution in [2.75, 3.05) is 6.54 Å². The Hall–Kier alpha value is -1.24. The van der Waals surface area contributed by atoms with E-state index >= 15 is 0 Å². The van der Waals surface area contributed by atoms with Crippen LogP contribution in [0.25, 0.3) is 0 Å². The Morgan fingerprint density at radius 1 is 1.65 bits per heavy atom. The zero-order valence-electron chi connectivity index (χ0n) is 9.02.